The van der Waals surface area contributed by atoms with Gasteiger partial charge in [0.1, 0.15) is 0 Å². The quantitative estimate of drug-likeness (QED) is 0.193. The van der Waals surface area contributed by atoms with E-state index in [0.717, 1.165) is 28.0 Å². The molecule has 1 fully saturated rings. The molecular formula is C34H31NO5S. The molecule has 208 valence electrons. The van der Waals surface area contributed by atoms with Crippen LogP contribution >= 0.6 is 11.8 Å². The van der Waals surface area contributed by atoms with Crippen molar-refractivity contribution < 1.29 is 24.2 Å². The standard InChI is InChI=1S/C34H31NO5S/c1-22-30(21-41-27-7-3-2-4-8-27)39-34(40-31(22)25-15-13-24(20-36)14-16-25)26-17-11-23(12-18-26)19-35-32(37)28-9-5-6-10-29(28)33(35)38/h2-18,22,30-31,34,36H,19-21H2,1H3. The molecule has 1 N–H and O–H groups in total. The van der Waals surface area contributed by atoms with E-state index in [9.17, 15) is 14.7 Å². The van der Waals surface area contributed by atoms with E-state index in [0.29, 0.717) is 11.1 Å². The lowest BCUT2D eigenvalue weighted by Crippen LogP contribution is -2.38. The van der Waals surface area contributed by atoms with Gasteiger partial charge in [-0.15, -0.1) is 11.8 Å². The van der Waals surface area contributed by atoms with Crippen LogP contribution < -0.4 is 0 Å². The maximum absolute atomic E-state index is 12.8. The van der Waals surface area contributed by atoms with E-state index in [1.54, 1.807) is 36.0 Å². The molecule has 2 heterocycles. The predicted molar refractivity (Wildman–Crippen MR) is 157 cm³/mol. The summed E-state index contributed by atoms with van der Waals surface area (Å²) in [4.78, 5) is 28.1. The Morgan fingerprint density at radius 1 is 0.732 bits per heavy atom. The number of benzene rings is 4. The summed E-state index contributed by atoms with van der Waals surface area (Å²) in [5, 5.41) is 9.49. The molecule has 4 aromatic rings. The molecule has 2 amide bonds. The molecule has 0 bridgehead atoms. The summed E-state index contributed by atoms with van der Waals surface area (Å²) in [7, 11) is 0. The Kier molecular flexibility index (Phi) is 8.03. The fourth-order valence-corrected chi connectivity index (χ4v) is 6.44. The molecule has 4 aromatic carbocycles. The Labute approximate surface area is 243 Å². The van der Waals surface area contributed by atoms with Crippen LogP contribution in [-0.2, 0) is 22.6 Å². The van der Waals surface area contributed by atoms with Crippen LogP contribution in [0.15, 0.2) is 108 Å². The van der Waals surface area contributed by atoms with Gasteiger partial charge in [-0.1, -0.05) is 85.8 Å². The van der Waals surface area contributed by atoms with Gasteiger partial charge in [-0.2, -0.15) is 0 Å². The van der Waals surface area contributed by atoms with E-state index in [2.05, 4.69) is 19.1 Å². The smallest absolute Gasteiger partial charge is 0.261 e. The fraction of sp³-hybridized carbons (Fsp3) is 0.235. The molecular weight excluding hydrogens is 534 g/mol. The second-order valence-corrected chi connectivity index (χ2v) is 11.5. The third-order valence-electron chi connectivity index (χ3n) is 7.75. The third-order valence-corrected chi connectivity index (χ3v) is 8.85. The zero-order chi connectivity index (χ0) is 28.3. The number of ether oxygens (including phenoxy) is 2. The molecule has 6 rings (SSSR count). The highest BCUT2D eigenvalue weighted by molar-refractivity contribution is 7.99. The lowest BCUT2D eigenvalue weighted by atomic mass is 9.91. The molecule has 0 radical (unpaired) electrons. The van der Waals surface area contributed by atoms with E-state index >= 15 is 0 Å². The summed E-state index contributed by atoms with van der Waals surface area (Å²) < 4.78 is 13.1. The molecule has 6 nitrogen and oxygen atoms in total. The van der Waals surface area contributed by atoms with Gasteiger partial charge in [-0.3, -0.25) is 14.5 Å². The summed E-state index contributed by atoms with van der Waals surface area (Å²) >= 11 is 1.76. The SMILES string of the molecule is CC1C(CSc2ccccc2)OC(c2ccc(CN3C(=O)c4ccccc4C3=O)cc2)OC1c1ccc(CO)cc1. The average molecular weight is 566 g/mol. The lowest BCUT2D eigenvalue weighted by Gasteiger charge is -2.41. The number of hydrogen-bond acceptors (Lipinski definition) is 6. The third kappa shape index (κ3) is 5.72. The Bertz CT molecular complexity index is 1490. The van der Waals surface area contributed by atoms with Crippen molar-refractivity contribution in [1.29, 1.82) is 0 Å². The van der Waals surface area contributed by atoms with Gasteiger partial charge >= 0.3 is 0 Å². The van der Waals surface area contributed by atoms with Gasteiger partial charge in [-0.05, 0) is 41.0 Å². The molecule has 0 aromatic heterocycles. The van der Waals surface area contributed by atoms with Crippen molar-refractivity contribution in [2.24, 2.45) is 5.92 Å². The molecule has 4 atom stereocenters. The minimum atomic E-state index is -0.580. The fourth-order valence-electron chi connectivity index (χ4n) is 5.35. The molecule has 1 saturated heterocycles. The number of carbonyl (C=O) groups excluding carboxylic acids is 2. The first-order valence-corrected chi connectivity index (χ1v) is 14.7. The Balaban J connectivity index is 1.21. The van der Waals surface area contributed by atoms with Crippen LogP contribution in [0.2, 0.25) is 0 Å². The first-order chi connectivity index (χ1) is 20.0. The van der Waals surface area contributed by atoms with Gasteiger partial charge in [0.25, 0.3) is 11.8 Å². The normalized spacial score (nSPS) is 22.1. The van der Waals surface area contributed by atoms with Crippen molar-refractivity contribution in [2.75, 3.05) is 5.75 Å². The van der Waals surface area contributed by atoms with E-state index in [1.807, 2.05) is 66.7 Å². The van der Waals surface area contributed by atoms with Crippen LogP contribution in [0.4, 0.5) is 0 Å². The van der Waals surface area contributed by atoms with E-state index in [-0.39, 0.29) is 43.1 Å². The highest BCUT2D eigenvalue weighted by Gasteiger charge is 2.39. The number of carbonyl (C=O) groups is 2. The summed E-state index contributed by atoms with van der Waals surface area (Å²) in [5.74, 6) is 0.331. The van der Waals surface area contributed by atoms with Crippen molar-refractivity contribution in [3.05, 3.63) is 137 Å². The summed E-state index contributed by atoms with van der Waals surface area (Å²) in [5.41, 5.74) is 4.51. The average Bonchev–Trinajstić information content (AvgIpc) is 3.26. The van der Waals surface area contributed by atoms with Gasteiger partial charge in [0.05, 0.1) is 36.5 Å². The monoisotopic (exact) mass is 565 g/mol. The van der Waals surface area contributed by atoms with Gasteiger partial charge in [0.15, 0.2) is 6.29 Å². The van der Waals surface area contributed by atoms with Crippen LogP contribution in [0, 0.1) is 5.92 Å². The number of fused-ring (bicyclic) bond motifs is 1. The highest BCUT2D eigenvalue weighted by atomic mass is 32.2. The second-order valence-electron chi connectivity index (χ2n) is 10.4. The molecule has 2 aliphatic rings. The number of hydrogen-bond donors (Lipinski definition) is 1. The lowest BCUT2D eigenvalue weighted by molar-refractivity contribution is -0.268. The number of imide groups is 1. The first kappa shape index (κ1) is 27.4. The first-order valence-electron chi connectivity index (χ1n) is 13.7. The van der Waals surface area contributed by atoms with Crippen LogP contribution in [0.1, 0.15) is 62.3 Å². The minimum Gasteiger partial charge on any atom is -0.392 e. The molecule has 0 saturated carbocycles. The minimum absolute atomic E-state index is 0.00348. The zero-order valence-electron chi connectivity index (χ0n) is 22.7. The number of thioether (sulfide) groups is 1. The topological polar surface area (TPSA) is 76.1 Å². The van der Waals surface area contributed by atoms with E-state index < -0.39 is 6.29 Å². The maximum Gasteiger partial charge on any atom is 0.261 e. The molecule has 0 spiro atoms. The van der Waals surface area contributed by atoms with Crippen molar-refractivity contribution in [2.45, 2.75) is 43.5 Å². The van der Waals surface area contributed by atoms with Crippen molar-refractivity contribution in [3.8, 4) is 0 Å². The van der Waals surface area contributed by atoms with Crippen molar-refractivity contribution >= 4 is 23.6 Å². The van der Waals surface area contributed by atoms with Gasteiger partial charge in [-0.25, -0.2) is 0 Å². The van der Waals surface area contributed by atoms with Gasteiger partial charge in [0, 0.05) is 22.1 Å². The number of aliphatic hydroxyl groups is 1. The molecule has 41 heavy (non-hydrogen) atoms. The highest BCUT2D eigenvalue weighted by Crippen LogP contribution is 2.43. The number of nitrogens with zero attached hydrogens (tertiary/aromatic N) is 1. The molecule has 7 heteroatoms. The van der Waals surface area contributed by atoms with Crippen molar-refractivity contribution in [3.63, 3.8) is 0 Å². The van der Waals surface area contributed by atoms with E-state index in [1.165, 1.54) is 9.80 Å². The number of aliphatic hydroxyl groups excluding tert-OH is 1. The summed E-state index contributed by atoms with van der Waals surface area (Å²) in [6.45, 7) is 2.35. The Morgan fingerprint density at radius 3 is 1.95 bits per heavy atom. The summed E-state index contributed by atoms with van der Waals surface area (Å²) in [6.07, 6.45) is -0.844. The molecule has 0 aliphatic carbocycles. The van der Waals surface area contributed by atoms with Gasteiger partial charge < -0.3 is 14.6 Å². The predicted octanol–water partition coefficient (Wildman–Crippen LogP) is 6.56. The number of rotatable bonds is 8. The Morgan fingerprint density at radius 2 is 1.32 bits per heavy atom. The maximum atomic E-state index is 12.8. The van der Waals surface area contributed by atoms with Crippen LogP contribution in [0.25, 0.3) is 0 Å². The van der Waals surface area contributed by atoms with Crippen LogP contribution in [-0.4, -0.2) is 33.7 Å². The molecule has 4 unspecified atom stereocenters. The van der Waals surface area contributed by atoms with Gasteiger partial charge in [0.2, 0.25) is 0 Å². The largest absolute Gasteiger partial charge is 0.392 e. The van der Waals surface area contributed by atoms with Crippen LogP contribution in [0.3, 0.4) is 0 Å². The molecule has 2 aliphatic heterocycles. The van der Waals surface area contributed by atoms with E-state index in [4.69, 9.17) is 9.47 Å². The second kappa shape index (κ2) is 12.0. The zero-order valence-corrected chi connectivity index (χ0v) is 23.5. The summed E-state index contributed by atoms with van der Waals surface area (Å²) in [6, 6.07) is 32.8. The van der Waals surface area contributed by atoms with Crippen LogP contribution in [0.5, 0.6) is 0 Å². The van der Waals surface area contributed by atoms with Crippen molar-refractivity contribution in [1.82, 2.24) is 4.90 Å². The Hall–Kier alpha value is -3.75. The number of amides is 2.